The van der Waals surface area contributed by atoms with Crippen molar-refractivity contribution in [2.75, 3.05) is 18.4 Å². The van der Waals surface area contributed by atoms with Crippen molar-refractivity contribution in [1.82, 2.24) is 20.3 Å². The van der Waals surface area contributed by atoms with Gasteiger partial charge in [-0.05, 0) is 24.4 Å². The van der Waals surface area contributed by atoms with Gasteiger partial charge in [-0.2, -0.15) is 13.2 Å². The number of piperidine rings is 1. The Hall–Kier alpha value is -2.61. The van der Waals surface area contributed by atoms with Crippen LogP contribution < -0.4 is 10.6 Å². The van der Waals surface area contributed by atoms with Crippen LogP contribution in [0.1, 0.15) is 25.8 Å². The maximum absolute atomic E-state index is 13.6. The fourth-order valence-electron chi connectivity index (χ4n) is 3.64. The number of fused-ring (bicyclic) bond motifs is 1. The first-order valence-corrected chi connectivity index (χ1v) is 9.24. The van der Waals surface area contributed by atoms with Crippen LogP contribution in [-0.2, 0) is 6.18 Å². The largest absolute Gasteiger partial charge is 0.419 e. The normalized spacial score (nSPS) is 19.7. The molecule has 1 aliphatic heterocycles. The Kier molecular flexibility index (Phi) is 4.53. The van der Waals surface area contributed by atoms with Crippen molar-refractivity contribution < 1.29 is 13.2 Å². The lowest BCUT2D eigenvalue weighted by Crippen LogP contribution is -2.50. The smallest absolute Gasteiger partial charge is 0.360 e. The highest BCUT2D eigenvalue weighted by Crippen LogP contribution is 2.39. The number of anilines is 1. The number of hydrogen-bond acceptors (Lipinski definition) is 4. The number of para-hydroxylation sites is 1. The molecule has 1 saturated heterocycles. The van der Waals surface area contributed by atoms with Gasteiger partial charge in [0.15, 0.2) is 0 Å². The van der Waals surface area contributed by atoms with Crippen molar-refractivity contribution in [2.45, 2.75) is 32.5 Å². The summed E-state index contributed by atoms with van der Waals surface area (Å²) in [5, 5.41) is 7.24. The van der Waals surface area contributed by atoms with E-state index in [9.17, 15) is 13.2 Å². The molecule has 1 aliphatic rings. The van der Waals surface area contributed by atoms with E-state index in [1.54, 1.807) is 18.3 Å². The van der Waals surface area contributed by atoms with Gasteiger partial charge in [0, 0.05) is 41.4 Å². The second-order valence-electron chi connectivity index (χ2n) is 7.84. The molecule has 1 atom stereocenters. The molecule has 0 saturated carbocycles. The Balaban J connectivity index is 1.78. The van der Waals surface area contributed by atoms with E-state index in [1.807, 2.05) is 12.1 Å². The number of H-pyrrole nitrogens is 1. The van der Waals surface area contributed by atoms with Crippen LogP contribution in [0, 0.1) is 5.41 Å². The summed E-state index contributed by atoms with van der Waals surface area (Å²) < 4.78 is 40.9. The van der Waals surface area contributed by atoms with Gasteiger partial charge in [0.25, 0.3) is 0 Å². The second kappa shape index (κ2) is 6.77. The van der Waals surface area contributed by atoms with Crippen LogP contribution in [0.25, 0.3) is 22.2 Å². The molecule has 0 amide bonds. The average Bonchev–Trinajstić information content (AvgIpc) is 3.06. The number of hydrogen-bond donors (Lipinski definition) is 3. The predicted molar refractivity (Wildman–Crippen MR) is 103 cm³/mol. The Morgan fingerprint density at radius 3 is 2.75 bits per heavy atom. The molecule has 3 N–H and O–H groups in total. The lowest BCUT2D eigenvalue weighted by Gasteiger charge is -2.39. The van der Waals surface area contributed by atoms with E-state index in [0.717, 1.165) is 24.7 Å². The minimum Gasteiger partial charge on any atom is -0.360 e. The standard InChI is InChI=1S/C20H22F3N5/c1-19(2)7-8-24-11-16(19)27-18-26-10-14(20(21,22)23)17(28-18)13-9-25-15-6-4-3-5-12(13)15/h3-6,9-10,16,24-25H,7-8,11H2,1-2H3,(H,26,27,28). The number of rotatable bonds is 3. The first-order valence-electron chi connectivity index (χ1n) is 9.24. The van der Waals surface area contributed by atoms with Gasteiger partial charge in [0.1, 0.15) is 5.56 Å². The van der Waals surface area contributed by atoms with Crippen molar-refractivity contribution in [3.05, 3.63) is 42.2 Å². The van der Waals surface area contributed by atoms with Gasteiger partial charge in [-0.25, -0.2) is 9.97 Å². The average molecular weight is 389 g/mol. The molecule has 2 aromatic heterocycles. The highest BCUT2D eigenvalue weighted by atomic mass is 19.4. The number of benzene rings is 1. The molecular formula is C20H22F3N5. The van der Waals surface area contributed by atoms with Crippen LogP contribution in [-0.4, -0.2) is 34.1 Å². The van der Waals surface area contributed by atoms with Crippen LogP contribution >= 0.6 is 0 Å². The fourth-order valence-corrected chi connectivity index (χ4v) is 3.64. The summed E-state index contributed by atoms with van der Waals surface area (Å²) in [6.45, 7) is 5.89. The van der Waals surface area contributed by atoms with Crippen LogP contribution in [0.5, 0.6) is 0 Å². The summed E-state index contributed by atoms with van der Waals surface area (Å²) in [7, 11) is 0. The molecule has 4 rings (SSSR count). The number of alkyl halides is 3. The van der Waals surface area contributed by atoms with Gasteiger partial charge < -0.3 is 15.6 Å². The van der Waals surface area contributed by atoms with Gasteiger partial charge in [-0.1, -0.05) is 32.0 Å². The zero-order chi connectivity index (χ0) is 19.9. The summed E-state index contributed by atoms with van der Waals surface area (Å²) >= 11 is 0. The SMILES string of the molecule is CC1(C)CCNCC1Nc1ncc(C(F)(F)F)c(-c2c[nH]c3ccccc23)n1. The number of aromatic nitrogens is 3. The second-order valence-corrected chi connectivity index (χ2v) is 7.84. The molecular weight excluding hydrogens is 367 g/mol. The molecule has 28 heavy (non-hydrogen) atoms. The third-order valence-electron chi connectivity index (χ3n) is 5.48. The van der Waals surface area contributed by atoms with Gasteiger partial charge in [0.05, 0.1) is 5.69 Å². The maximum atomic E-state index is 13.6. The highest BCUT2D eigenvalue weighted by Gasteiger charge is 2.37. The van der Waals surface area contributed by atoms with E-state index in [1.165, 1.54) is 0 Å². The van der Waals surface area contributed by atoms with E-state index < -0.39 is 11.7 Å². The van der Waals surface area contributed by atoms with E-state index in [0.29, 0.717) is 17.5 Å². The lowest BCUT2D eigenvalue weighted by molar-refractivity contribution is -0.137. The minimum atomic E-state index is -4.54. The Bertz CT molecular complexity index is 993. The first kappa shape index (κ1) is 18.7. The molecule has 5 nitrogen and oxygen atoms in total. The predicted octanol–water partition coefficient (Wildman–Crippen LogP) is 4.44. The van der Waals surface area contributed by atoms with Crippen LogP contribution in [0.4, 0.5) is 19.1 Å². The molecule has 3 aromatic rings. The summed E-state index contributed by atoms with van der Waals surface area (Å²) in [6, 6.07) is 7.25. The van der Waals surface area contributed by atoms with Crippen LogP contribution in [0.3, 0.4) is 0 Å². The minimum absolute atomic E-state index is 0.0156. The molecule has 3 heterocycles. The maximum Gasteiger partial charge on any atom is 0.419 e. The van der Waals surface area contributed by atoms with E-state index in [4.69, 9.17) is 0 Å². The molecule has 148 valence electrons. The third kappa shape index (κ3) is 3.44. The third-order valence-corrected chi connectivity index (χ3v) is 5.48. The van der Waals surface area contributed by atoms with Crippen molar-refractivity contribution in [1.29, 1.82) is 0 Å². The quantitative estimate of drug-likeness (QED) is 0.620. The Morgan fingerprint density at radius 1 is 1.21 bits per heavy atom. The summed E-state index contributed by atoms with van der Waals surface area (Å²) in [6.07, 6.45) is -1.15. The number of aromatic amines is 1. The fraction of sp³-hybridized carbons (Fsp3) is 0.400. The van der Waals surface area contributed by atoms with Gasteiger partial charge in [0.2, 0.25) is 5.95 Å². The molecule has 0 radical (unpaired) electrons. The highest BCUT2D eigenvalue weighted by molar-refractivity contribution is 5.95. The van der Waals surface area contributed by atoms with Gasteiger partial charge in [-0.3, -0.25) is 0 Å². The molecule has 1 unspecified atom stereocenters. The molecule has 0 spiro atoms. The van der Waals surface area contributed by atoms with Crippen LogP contribution in [0.15, 0.2) is 36.7 Å². The number of nitrogens with zero attached hydrogens (tertiary/aromatic N) is 2. The summed E-state index contributed by atoms with van der Waals surface area (Å²) in [5.74, 6) is 0.204. The Labute approximate surface area is 160 Å². The van der Waals surface area contributed by atoms with E-state index in [2.05, 4.69) is 39.4 Å². The van der Waals surface area contributed by atoms with Crippen LogP contribution in [0.2, 0.25) is 0 Å². The Morgan fingerprint density at radius 2 is 2.00 bits per heavy atom. The lowest BCUT2D eigenvalue weighted by atomic mass is 9.79. The summed E-state index contributed by atoms with van der Waals surface area (Å²) in [4.78, 5) is 11.3. The van der Waals surface area contributed by atoms with Crippen molar-refractivity contribution in [3.63, 3.8) is 0 Å². The number of halogens is 3. The molecule has 1 aromatic carbocycles. The van der Waals surface area contributed by atoms with Crippen molar-refractivity contribution in [2.24, 2.45) is 5.41 Å². The molecule has 0 aliphatic carbocycles. The first-order chi connectivity index (χ1) is 13.3. The molecule has 8 heteroatoms. The van der Waals surface area contributed by atoms with E-state index in [-0.39, 0.29) is 23.1 Å². The zero-order valence-corrected chi connectivity index (χ0v) is 15.7. The monoisotopic (exact) mass is 389 g/mol. The molecule has 0 bridgehead atoms. The summed E-state index contributed by atoms with van der Waals surface area (Å²) in [5.41, 5.74) is 0.191. The topological polar surface area (TPSA) is 65.6 Å². The van der Waals surface area contributed by atoms with Gasteiger partial charge >= 0.3 is 6.18 Å². The van der Waals surface area contributed by atoms with Gasteiger partial charge in [-0.15, -0.1) is 0 Å². The zero-order valence-electron chi connectivity index (χ0n) is 15.7. The van der Waals surface area contributed by atoms with E-state index >= 15 is 0 Å². The van der Waals surface area contributed by atoms with Crippen molar-refractivity contribution in [3.8, 4) is 11.3 Å². The van der Waals surface area contributed by atoms with Crippen molar-refractivity contribution >= 4 is 16.9 Å². The number of nitrogens with one attached hydrogen (secondary N) is 3. The molecule has 1 fully saturated rings.